The van der Waals surface area contributed by atoms with Gasteiger partial charge in [-0.3, -0.25) is 0 Å². The Morgan fingerprint density at radius 2 is 1.43 bits per heavy atom. The molecular weight excluding hydrogens is 502 g/mol. The van der Waals surface area contributed by atoms with E-state index in [1.807, 2.05) is 17.4 Å². The Labute approximate surface area is 238 Å². The molecule has 0 spiro atoms. The van der Waals surface area contributed by atoms with Crippen LogP contribution >= 0.6 is 11.3 Å². The monoisotopic (exact) mass is 527 g/mol. The van der Waals surface area contributed by atoms with Crippen LogP contribution in [0.1, 0.15) is 17.5 Å². The van der Waals surface area contributed by atoms with Gasteiger partial charge in [0.2, 0.25) is 0 Å². The van der Waals surface area contributed by atoms with Gasteiger partial charge in [-0.25, -0.2) is 0 Å². The van der Waals surface area contributed by atoms with Crippen molar-refractivity contribution < 1.29 is 0 Å². The first-order valence-electron chi connectivity index (χ1n) is 13.8. The summed E-state index contributed by atoms with van der Waals surface area (Å²) in [4.78, 5) is 2.70. The van der Waals surface area contributed by atoms with Crippen molar-refractivity contribution in [1.82, 2.24) is 4.57 Å². The van der Waals surface area contributed by atoms with Crippen molar-refractivity contribution in [2.75, 3.05) is 0 Å². The molecule has 188 valence electrons. The number of benzene rings is 4. The van der Waals surface area contributed by atoms with Crippen LogP contribution in [0.25, 0.3) is 65.6 Å². The lowest BCUT2D eigenvalue weighted by atomic mass is 9.91. The zero-order valence-electron chi connectivity index (χ0n) is 21.9. The Balaban J connectivity index is 1.43. The fourth-order valence-electron chi connectivity index (χ4n) is 6.16. The molecule has 1 aliphatic rings. The summed E-state index contributed by atoms with van der Waals surface area (Å²) in [5.41, 5.74) is 11.2. The van der Waals surface area contributed by atoms with Gasteiger partial charge in [-0.15, -0.1) is 11.3 Å². The second-order valence-electron chi connectivity index (χ2n) is 10.3. The third-order valence-electron chi connectivity index (χ3n) is 7.95. The average molecular weight is 528 g/mol. The highest BCUT2D eigenvalue weighted by atomic mass is 32.1. The smallest absolute Gasteiger partial charge is 0.0541 e. The van der Waals surface area contributed by atoms with E-state index in [4.69, 9.17) is 0 Å². The van der Waals surface area contributed by atoms with E-state index in [-0.39, 0.29) is 0 Å². The number of thiophene rings is 1. The summed E-state index contributed by atoms with van der Waals surface area (Å²) < 4.78 is 2.41. The summed E-state index contributed by atoms with van der Waals surface area (Å²) >= 11 is 1.92. The number of nitrogens with zero attached hydrogens (tertiary/aromatic N) is 1. The lowest BCUT2D eigenvalue weighted by Gasteiger charge is -2.15. The highest BCUT2D eigenvalue weighted by Crippen LogP contribution is 2.48. The lowest BCUT2D eigenvalue weighted by Crippen LogP contribution is -1.97. The third-order valence-corrected chi connectivity index (χ3v) is 9.29. The van der Waals surface area contributed by atoms with Crippen molar-refractivity contribution in [2.24, 2.45) is 0 Å². The quantitative estimate of drug-likeness (QED) is 0.215. The van der Waals surface area contributed by atoms with Crippen molar-refractivity contribution in [1.29, 1.82) is 0 Å². The molecule has 0 aliphatic heterocycles. The van der Waals surface area contributed by atoms with Crippen molar-refractivity contribution in [3.05, 3.63) is 145 Å². The fourth-order valence-corrected chi connectivity index (χ4v) is 7.53. The van der Waals surface area contributed by atoms with E-state index in [0.29, 0.717) is 0 Å². The normalized spacial score (nSPS) is 12.5. The maximum absolute atomic E-state index is 3.39. The van der Waals surface area contributed by atoms with Crippen LogP contribution in [0.4, 0.5) is 0 Å². The SMILES string of the molecule is c1cccc(-c2ccc(-n3c4ccccc4c4ccccc43)cc2-c2sc(-c3ccccc3)c3c2CCC=C3)c#1. The van der Waals surface area contributed by atoms with Crippen LogP contribution in [-0.2, 0) is 6.42 Å². The Morgan fingerprint density at radius 3 is 2.17 bits per heavy atom. The summed E-state index contributed by atoms with van der Waals surface area (Å²) in [7, 11) is 0. The molecule has 0 saturated heterocycles. The van der Waals surface area contributed by atoms with Crippen LogP contribution in [-0.4, -0.2) is 4.57 Å². The molecule has 0 N–H and O–H groups in total. The fraction of sp³-hybridized carbons (Fsp3) is 0.0526. The molecule has 0 amide bonds. The minimum absolute atomic E-state index is 1.05. The Kier molecular flexibility index (Phi) is 5.43. The Bertz CT molecular complexity index is 1990. The van der Waals surface area contributed by atoms with Gasteiger partial charge in [-0.2, -0.15) is 0 Å². The Morgan fingerprint density at radius 1 is 0.675 bits per heavy atom. The van der Waals surface area contributed by atoms with Crippen molar-refractivity contribution in [3.63, 3.8) is 0 Å². The molecule has 2 aromatic heterocycles. The topological polar surface area (TPSA) is 4.93 Å². The van der Waals surface area contributed by atoms with E-state index in [1.165, 1.54) is 65.1 Å². The van der Waals surface area contributed by atoms with Gasteiger partial charge >= 0.3 is 0 Å². The van der Waals surface area contributed by atoms with Crippen LogP contribution in [0.3, 0.4) is 0 Å². The van der Waals surface area contributed by atoms with Crippen molar-refractivity contribution in [2.45, 2.75) is 12.8 Å². The van der Waals surface area contributed by atoms with Crippen LogP contribution < -0.4 is 0 Å². The average Bonchev–Trinajstić information content (AvgIpc) is 3.58. The van der Waals surface area contributed by atoms with Crippen molar-refractivity contribution >= 4 is 39.2 Å². The number of aromatic nitrogens is 1. The molecule has 1 aliphatic carbocycles. The van der Waals surface area contributed by atoms with Gasteiger partial charge in [0.05, 0.1) is 11.0 Å². The lowest BCUT2D eigenvalue weighted by molar-refractivity contribution is 0.996. The number of hydrogen-bond acceptors (Lipinski definition) is 1. The van der Waals surface area contributed by atoms with Crippen molar-refractivity contribution in [3.8, 4) is 37.7 Å². The molecule has 40 heavy (non-hydrogen) atoms. The maximum Gasteiger partial charge on any atom is 0.0541 e. The second-order valence-corrected chi connectivity index (χ2v) is 11.3. The van der Waals surface area contributed by atoms with Crippen LogP contribution in [0, 0.1) is 12.1 Å². The summed E-state index contributed by atoms with van der Waals surface area (Å²) in [6.45, 7) is 0. The number of fused-ring (bicyclic) bond motifs is 4. The molecule has 8 rings (SSSR count). The largest absolute Gasteiger partial charge is 0.309 e. The van der Waals surface area contributed by atoms with E-state index >= 15 is 0 Å². The first-order valence-corrected chi connectivity index (χ1v) is 14.6. The molecule has 0 unspecified atom stereocenters. The van der Waals surface area contributed by atoms with E-state index < -0.39 is 0 Å². The van der Waals surface area contributed by atoms with Gasteiger partial charge in [0.25, 0.3) is 0 Å². The van der Waals surface area contributed by atoms with Gasteiger partial charge in [0.15, 0.2) is 0 Å². The van der Waals surface area contributed by atoms with E-state index in [9.17, 15) is 0 Å². The van der Waals surface area contributed by atoms with Gasteiger partial charge < -0.3 is 4.57 Å². The number of allylic oxidation sites excluding steroid dienone is 1. The maximum atomic E-state index is 3.39. The standard InChI is InChI=1S/C38H25NS/c1-3-13-26(14-4-1)29-24-23-28(39-35-21-11-9-17-30(35)31-18-10-12-22-36(31)39)25-34(29)38-33-20-8-7-19-32(33)37(40-38)27-15-5-2-6-16-27/h1-3,5-7,9-13,15-19,21-25H,8,20H2. The predicted octanol–water partition coefficient (Wildman–Crippen LogP) is 10.4. The minimum Gasteiger partial charge on any atom is -0.309 e. The molecular formula is C38H25NS. The van der Waals surface area contributed by atoms with E-state index in [2.05, 4.69) is 138 Å². The molecule has 0 bridgehead atoms. The molecule has 0 fully saturated rings. The first-order chi connectivity index (χ1) is 19.9. The minimum atomic E-state index is 1.05. The number of rotatable bonds is 4. The Hall–Kier alpha value is -4.84. The number of para-hydroxylation sites is 2. The molecule has 1 nitrogen and oxygen atoms in total. The van der Waals surface area contributed by atoms with Gasteiger partial charge in [-0.1, -0.05) is 103 Å². The summed E-state index contributed by atoms with van der Waals surface area (Å²) in [5, 5.41) is 2.56. The van der Waals surface area contributed by atoms with Crippen LogP contribution in [0.5, 0.6) is 0 Å². The molecule has 0 atom stereocenters. The van der Waals surface area contributed by atoms with Gasteiger partial charge in [0.1, 0.15) is 0 Å². The van der Waals surface area contributed by atoms with Crippen LogP contribution in [0.2, 0.25) is 0 Å². The summed E-state index contributed by atoms with van der Waals surface area (Å²) in [6.07, 6.45) is 6.77. The zero-order valence-corrected chi connectivity index (χ0v) is 22.7. The zero-order chi connectivity index (χ0) is 26.5. The molecule has 7 aromatic rings. The molecule has 2 heterocycles. The second kappa shape index (κ2) is 9.42. The predicted molar refractivity (Wildman–Crippen MR) is 170 cm³/mol. The van der Waals surface area contributed by atoms with E-state index in [0.717, 1.165) is 18.4 Å². The number of hydrogen-bond donors (Lipinski definition) is 0. The molecule has 5 aromatic carbocycles. The summed E-state index contributed by atoms with van der Waals surface area (Å²) in [5.74, 6) is 0. The third kappa shape index (κ3) is 3.63. The van der Waals surface area contributed by atoms with Gasteiger partial charge in [-0.05, 0) is 71.5 Å². The molecule has 2 heteroatoms. The van der Waals surface area contributed by atoms with E-state index in [1.54, 1.807) is 0 Å². The highest BCUT2D eigenvalue weighted by Gasteiger charge is 2.23. The molecule has 0 saturated carbocycles. The summed E-state index contributed by atoms with van der Waals surface area (Å²) in [6, 6.07) is 47.9. The van der Waals surface area contributed by atoms with Gasteiger partial charge in [0, 0.05) is 37.3 Å². The van der Waals surface area contributed by atoms with Crippen LogP contribution in [0.15, 0.2) is 121 Å². The molecule has 0 radical (unpaired) electrons. The highest BCUT2D eigenvalue weighted by molar-refractivity contribution is 7.19. The first kappa shape index (κ1) is 23.1.